The van der Waals surface area contributed by atoms with Gasteiger partial charge in [-0.25, -0.2) is 8.42 Å². The first-order valence-corrected chi connectivity index (χ1v) is 15.5. The Morgan fingerprint density at radius 1 is 0.976 bits per heavy atom. The predicted octanol–water partition coefficient (Wildman–Crippen LogP) is 6.63. The maximum absolute atomic E-state index is 13.7. The number of nitrogens with one attached hydrogen (secondary N) is 2. The van der Waals surface area contributed by atoms with E-state index < -0.39 is 10.0 Å². The molecule has 10 heteroatoms. The number of halogens is 1. The number of fused-ring (bicyclic) bond motifs is 1. The average Bonchev–Trinajstić information content (AvgIpc) is 2.94. The van der Waals surface area contributed by atoms with Crippen molar-refractivity contribution in [1.29, 1.82) is 0 Å². The number of aromatic nitrogens is 1. The summed E-state index contributed by atoms with van der Waals surface area (Å²) in [5, 5.41) is 7.66. The van der Waals surface area contributed by atoms with Crippen molar-refractivity contribution in [3.05, 3.63) is 89.1 Å². The zero-order valence-electron chi connectivity index (χ0n) is 24.6. The Morgan fingerprint density at radius 2 is 1.67 bits per heavy atom. The molecule has 0 aliphatic heterocycles. The Hall–Kier alpha value is -3.66. The largest absolute Gasteiger partial charge is 0.497 e. The first-order chi connectivity index (χ1) is 19.9. The number of rotatable bonds is 11. The smallest absolute Gasteiger partial charge is 0.243 e. The highest BCUT2D eigenvalue weighted by molar-refractivity contribution is 7.89. The summed E-state index contributed by atoms with van der Waals surface area (Å²) in [4.78, 5) is 17.6. The molecule has 4 rings (SSSR count). The van der Waals surface area contributed by atoms with Gasteiger partial charge in [0, 0.05) is 53.5 Å². The van der Waals surface area contributed by atoms with E-state index in [1.807, 2.05) is 49.4 Å². The molecule has 0 saturated heterocycles. The lowest BCUT2D eigenvalue weighted by Gasteiger charge is -2.23. The van der Waals surface area contributed by atoms with Crippen LogP contribution >= 0.6 is 11.6 Å². The van der Waals surface area contributed by atoms with Gasteiger partial charge in [-0.05, 0) is 78.6 Å². The number of anilines is 2. The quantitative estimate of drug-likeness (QED) is 0.198. The fourth-order valence-corrected chi connectivity index (χ4v) is 6.16. The second kappa shape index (κ2) is 13.1. The van der Waals surface area contributed by atoms with Crippen LogP contribution in [-0.4, -0.2) is 50.4 Å². The Balaban J connectivity index is 1.50. The molecule has 42 heavy (non-hydrogen) atoms. The van der Waals surface area contributed by atoms with Gasteiger partial charge in [-0.3, -0.25) is 9.78 Å². The minimum atomic E-state index is -3.90. The van der Waals surface area contributed by atoms with E-state index in [0.717, 1.165) is 27.8 Å². The minimum absolute atomic E-state index is 0.000396. The number of pyridine rings is 1. The number of aryl methyl sites for hydroxylation is 1. The highest BCUT2D eigenvalue weighted by Crippen LogP contribution is 2.27. The second-order valence-electron chi connectivity index (χ2n) is 11.1. The molecule has 0 aliphatic carbocycles. The van der Waals surface area contributed by atoms with Gasteiger partial charge in [0.15, 0.2) is 0 Å². The van der Waals surface area contributed by atoms with Crippen LogP contribution in [0.5, 0.6) is 5.75 Å². The summed E-state index contributed by atoms with van der Waals surface area (Å²) in [5.41, 5.74) is 4.24. The molecule has 0 saturated carbocycles. The molecule has 4 aromatic rings. The topological polar surface area (TPSA) is 101 Å². The molecule has 1 amide bonds. The van der Waals surface area contributed by atoms with Crippen LogP contribution < -0.4 is 15.4 Å². The molecule has 8 nitrogen and oxygen atoms in total. The number of carbonyl (C=O) groups excluding carboxylic acids is 1. The summed E-state index contributed by atoms with van der Waals surface area (Å²) >= 11 is 6.23. The van der Waals surface area contributed by atoms with Gasteiger partial charge < -0.3 is 15.4 Å². The fraction of sp³-hybridized carbons (Fsp3) is 0.312. The summed E-state index contributed by atoms with van der Waals surface area (Å²) in [7, 11) is -2.38. The van der Waals surface area contributed by atoms with Gasteiger partial charge in [-0.15, -0.1) is 0 Å². The first kappa shape index (κ1) is 31.3. The molecule has 0 radical (unpaired) electrons. The van der Waals surface area contributed by atoms with Gasteiger partial charge in [0.25, 0.3) is 0 Å². The molecule has 3 aromatic carbocycles. The molecule has 222 valence electrons. The summed E-state index contributed by atoms with van der Waals surface area (Å²) in [6.07, 6.45) is -0.0106. The van der Waals surface area contributed by atoms with E-state index in [1.165, 1.54) is 23.5 Å². The van der Waals surface area contributed by atoms with Gasteiger partial charge in [0.2, 0.25) is 15.9 Å². The maximum Gasteiger partial charge on any atom is 0.243 e. The van der Waals surface area contributed by atoms with Gasteiger partial charge in [0.05, 0.1) is 17.5 Å². The number of hydrogen-bond donors (Lipinski definition) is 2. The van der Waals surface area contributed by atoms with E-state index in [2.05, 4.69) is 36.4 Å². The van der Waals surface area contributed by atoms with Crippen molar-refractivity contribution in [3.8, 4) is 5.75 Å². The van der Waals surface area contributed by atoms with Gasteiger partial charge >= 0.3 is 0 Å². The van der Waals surface area contributed by atoms with Crippen molar-refractivity contribution in [2.45, 2.75) is 44.4 Å². The van der Waals surface area contributed by atoms with Gasteiger partial charge in [0.1, 0.15) is 5.75 Å². The van der Waals surface area contributed by atoms with Crippen LogP contribution in [0.15, 0.2) is 77.7 Å². The third kappa shape index (κ3) is 7.79. The van der Waals surface area contributed by atoms with Crippen LogP contribution in [0.25, 0.3) is 10.9 Å². The van der Waals surface area contributed by atoms with Crippen molar-refractivity contribution in [1.82, 2.24) is 9.29 Å². The van der Waals surface area contributed by atoms with Crippen LogP contribution in [-0.2, 0) is 20.2 Å². The van der Waals surface area contributed by atoms with Crippen LogP contribution in [0.1, 0.15) is 38.4 Å². The number of methoxy groups -OCH3 is 1. The minimum Gasteiger partial charge on any atom is -0.497 e. The van der Waals surface area contributed by atoms with Crippen molar-refractivity contribution in [2.24, 2.45) is 0 Å². The van der Waals surface area contributed by atoms with E-state index in [1.54, 1.807) is 18.2 Å². The highest BCUT2D eigenvalue weighted by Gasteiger charge is 2.25. The molecule has 1 aromatic heterocycles. The normalized spacial score (nSPS) is 12.0. The maximum atomic E-state index is 13.7. The van der Waals surface area contributed by atoms with Crippen LogP contribution in [0, 0.1) is 6.92 Å². The van der Waals surface area contributed by atoms with Crippen LogP contribution in [0.4, 0.5) is 11.4 Å². The van der Waals surface area contributed by atoms with E-state index in [9.17, 15) is 13.2 Å². The lowest BCUT2D eigenvalue weighted by molar-refractivity contribution is -0.116. The number of sulfonamides is 1. The molecule has 0 spiro atoms. The van der Waals surface area contributed by atoms with Crippen LogP contribution in [0.3, 0.4) is 0 Å². The zero-order chi connectivity index (χ0) is 30.5. The lowest BCUT2D eigenvalue weighted by Crippen LogP contribution is -2.37. The standard InChI is InChI=1S/C32H37ClN4O4S/c1-22-20-30(28-21-24(33)8-15-29(28)35-22)34-17-19-37(42(39,40)27-13-11-26(41-5)12-14-27)18-16-31(38)36-25-9-6-23(7-10-25)32(2,3)4/h6-15,20-21H,16-19H2,1-5H3,(H,34,35)(H,36,38). The summed E-state index contributed by atoms with van der Waals surface area (Å²) < 4.78 is 33.9. The van der Waals surface area contributed by atoms with E-state index in [4.69, 9.17) is 16.3 Å². The van der Waals surface area contributed by atoms with Crippen molar-refractivity contribution in [2.75, 3.05) is 37.4 Å². The Morgan fingerprint density at radius 3 is 2.31 bits per heavy atom. The van der Waals surface area contributed by atoms with Crippen molar-refractivity contribution >= 4 is 49.8 Å². The number of hydrogen-bond acceptors (Lipinski definition) is 6. The fourth-order valence-electron chi connectivity index (χ4n) is 4.54. The summed E-state index contributed by atoms with van der Waals surface area (Å²) in [6, 6.07) is 21.3. The zero-order valence-corrected chi connectivity index (χ0v) is 26.1. The summed E-state index contributed by atoms with van der Waals surface area (Å²) in [6.45, 7) is 8.71. The number of carbonyl (C=O) groups is 1. The number of ether oxygens (including phenoxy) is 1. The van der Waals surface area contributed by atoms with E-state index >= 15 is 0 Å². The van der Waals surface area contributed by atoms with Gasteiger partial charge in [-0.1, -0.05) is 44.5 Å². The highest BCUT2D eigenvalue weighted by atomic mass is 35.5. The second-order valence-corrected chi connectivity index (χ2v) is 13.5. The molecule has 1 heterocycles. The third-order valence-electron chi connectivity index (χ3n) is 6.90. The molecule has 0 aliphatic rings. The van der Waals surface area contributed by atoms with Crippen molar-refractivity contribution < 1.29 is 17.9 Å². The predicted molar refractivity (Wildman–Crippen MR) is 170 cm³/mol. The lowest BCUT2D eigenvalue weighted by atomic mass is 9.87. The first-order valence-electron chi connectivity index (χ1n) is 13.7. The Labute approximate surface area is 253 Å². The molecule has 0 unspecified atom stereocenters. The Bertz CT molecular complexity index is 1650. The molecular formula is C32H37ClN4O4S. The molecule has 0 bridgehead atoms. The Kier molecular flexibility index (Phi) is 9.76. The molecule has 0 atom stereocenters. The number of nitrogens with zero attached hydrogens (tertiary/aromatic N) is 2. The van der Waals surface area contributed by atoms with E-state index in [0.29, 0.717) is 23.0 Å². The van der Waals surface area contributed by atoms with Crippen LogP contribution in [0.2, 0.25) is 5.02 Å². The molecular weight excluding hydrogens is 572 g/mol. The third-order valence-corrected chi connectivity index (χ3v) is 9.04. The van der Waals surface area contributed by atoms with Crippen molar-refractivity contribution in [3.63, 3.8) is 0 Å². The number of amides is 1. The van der Waals surface area contributed by atoms with E-state index in [-0.39, 0.29) is 35.7 Å². The average molecular weight is 609 g/mol. The SMILES string of the molecule is COc1ccc(S(=O)(=O)N(CCNc2cc(C)nc3ccc(Cl)cc23)CCC(=O)Nc2ccc(C(C)(C)C)cc2)cc1. The molecule has 2 N–H and O–H groups in total. The van der Waals surface area contributed by atoms with Gasteiger partial charge in [-0.2, -0.15) is 4.31 Å². The summed E-state index contributed by atoms with van der Waals surface area (Å²) in [5.74, 6) is 0.282. The molecule has 0 fully saturated rings. The number of benzene rings is 3. The monoisotopic (exact) mass is 608 g/mol.